The molecule has 2 atom stereocenters. The lowest BCUT2D eigenvalue weighted by Gasteiger charge is -2.33. The molecule has 0 aliphatic carbocycles. The molecule has 11 nitrogen and oxygen atoms in total. The number of hydrogen-bond donors (Lipinski definition) is 2. The fourth-order valence-corrected chi connectivity index (χ4v) is 3.23. The van der Waals surface area contributed by atoms with Crippen molar-refractivity contribution in [3.05, 3.63) is 0 Å². The van der Waals surface area contributed by atoms with E-state index in [0.717, 1.165) is 0 Å². The number of likely N-dealkylation sites (N-methyl/N-ethyl adjacent to an activating group) is 2. The van der Waals surface area contributed by atoms with Crippen LogP contribution in [0.2, 0.25) is 0 Å². The average Bonchev–Trinajstić information content (AvgIpc) is 2.87. The molecular weight excluding hydrogens is 344 g/mol. The maximum Gasteiger partial charge on any atom is 0.323 e. The topological polar surface area (TPSA) is 107 Å². The molecule has 11 heteroatoms. The molecular formula is C15H26N6O5. The van der Waals surface area contributed by atoms with Crippen LogP contribution >= 0.6 is 0 Å². The molecule has 0 radical (unpaired) electrons. The maximum atomic E-state index is 12.5. The van der Waals surface area contributed by atoms with E-state index in [1.165, 1.54) is 9.80 Å². The van der Waals surface area contributed by atoms with Gasteiger partial charge in [0.1, 0.15) is 12.3 Å². The first-order chi connectivity index (χ1) is 12.5. The van der Waals surface area contributed by atoms with Crippen LogP contribution in [0, 0.1) is 0 Å². The first-order valence-electron chi connectivity index (χ1n) is 8.75. The Morgan fingerprint density at radius 2 is 1.15 bits per heavy atom. The second kappa shape index (κ2) is 7.96. The van der Waals surface area contributed by atoms with E-state index in [4.69, 9.17) is 9.47 Å². The van der Waals surface area contributed by atoms with Crippen molar-refractivity contribution in [3.63, 3.8) is 0 Å². The van der Waals surface area contributed by atoms with E-state index < -0.39 is 12.3 Å². The van der Waals surface area contributed by atoms with Gasteiger partial charge in [0, 0.05) is 40.3 Å². The van der Waals surface area contributed by atoms with Crippen LogP contribution in [0.25, 0.3) is 0 Å². The van der Waals surface area contributed by atoms with Crippen molar-refractivity contribution >= 4 is 18.1 Å². The second-order valence-electron chi connectivity index (χ2n) is 6.49. The molecule has 0 bridgehead atoms. The maximum absolute atomic E-state index is 12.5. The highest BCUT2D eigenvalue weighted by molar-refractivity contribution is 5.82. The van der Waals surface area contributed by atoms with Gasteiger partial charge in [0.05, 0.1) is 26.4 Å². The summed E-state index contributed by atoms with van der Waals surface area (Å²) in [5.74, 6) is 0. The lowest BCUT2D eigenvalue weighted by Crippen LogP contribution is -2.61. The number of ether oxygens (including phenoxy) is 2. The van der Waals surface area contributed by atoms with E-state index in [9.17, 15) is 14.4 Å². The van der Waals surface area contributed by atoms with Crippen LogP contribution in [0.15, 0.2) is 0 Å². The zero-order valence-corrected chi connectivity index (χ0v) is 15.1. The number of rotatable bonds is 2. The van der Waals surface area contributed by atoms with Gasteiger partial charge in [-0.1, -0.05) is 0 Å². The Bertz CT molecular complexity index is 503. The lowest BCUT2D eigenvalue weighted by atomic mass is 10.3. The van der Waals surface area contributed by atoms with E-state index >= 15 is 0 Å². The Labute approximate surface area is 152 Å². The summed E-state index contributed by atoms with van der Waals surface area (Å²) < 4.78 is 10.5. The number of carbonyl (C=O) groups is 3. The molecule has 3 saturated heterocycles. The monoisotopic (exact) mass is 370 g/mol. The molecule has 0 aromatic rings. The number of morpholine rings is 2. The van der Waals surface area contributed by atoms with Crippen LogP contribution in [0.3, 0.4) is 0 Å². The third-order valence-electron chi connectivity index (χ3n) is 4.88. The summed E-state index contributed by atoms with van der Waals surface area (Å²) in [5, 5.41) is 5.71. The smallest absolute Gasteiger partial charge is 0.323 e. The summed E-state index contributed by atoms with van der Waals surface area (Å²) in [4.78, 5) is 43.5. The summed E-state index contributed by atoms with van der Waals surface area (Å²) in [6.07, 6.45) is -1.32. The summed E-state index contributed by atoms with van der Waals surface area (Å²) in [7, 11) is 3.20. The zero-order valence-electron chi connectivity index (χ0n) is 15.1. The van der Waals surface area contributed by atoms with Gasteiger partial charge in [-0.25, -0.2) is 14.4 Å². The lowest BCUT2D eigenvalue weighted by molar-refractivity contribution is 0.0479. The van der Waals surface area contributed by atoms with E-state index in [-0.39, 0.29) is 18.1 Å². The molecule has 3 fully saturated rings. The molecule has 0 spiro atoms. The highest BCUT2D eigenvalue weighted by Crippen LogP contribution is 2.17. The first kappa shape index (κ1) is 18.5. The molecule has 3 heterocycles. The molecule has 6 amide bonds. The quantitative estimate of drug-likeness (QED) is 0.630. The van der Waals surface area contributed by atoms with Gasteiger partial charge in [-0.2, -0.15) is 0 Å². The summed E-state index contributed by atoms with van der Waals surface area (Å²) >= 11 is 0. The Hall–Kier alpha value is -2.27. The summed E-state index contributed by atoms with van der Waals surface area (Å²) in [6.45, 7) is 3.95. The molecule has 146 valence electrons. The average molecular weight is 370 g/mol. The van der Waals surface area contributed by atoms with Crippen LogP contribution in [0.1, 0.15) is 0 Å². The Morgan fingerprint density at radius 1 is 0.808 bits per heavy atom. The van der Waals surface area contributed by atoms with Crippen molar-refractivity contribution in [1.82, 2.24) is 30.2 Å². The van der Waals surface area contributed by atoms with E-state index in [1.807, 2.05) is 0 Å². The van der Waals surface area contributed by atoms with Crippen molar-refractivity contribution in [1.29, 1.82) is 0 Å². The van der Waals surface area contributed by atoms with E-state index in [1.54, 1.807) is 23.9 Å². The van der Waals surface area contributed by atoms with Crippen molar-refractivity contribution in [2.45, 2.75) is 12.3 Å². The molecule has 0 saturated carbocycles. The third kappa shape index (κ3) is 3.78. The predicted octanol–water partition coefficient (Wildman–Crippen LogP) is -1.28. The molecule has 3 aliphatic heterocycles. The number of nitrogens with zero attached hydrogens (tertiary/aromatic N) is 4. The van der Waals surface area contributed by atoms with Crippen molar-refractivity contribution in [3.8, 4) is 0 Å². The highest BCUT2D eigenvalue weighted by Gasteiger charge is 2.44. The van der Waals surface area contributed by atoms with Gasteiger partial charge in [-0.3, -0.25) is 0 Å². The van der Waals surface area contributed by atoms with Crippen LogP contribution in [-0.4, -0.2) is 117 Å². The van der Waals surface area contributed by atoms with Gasteiger partial charge in [0.2, 0.25) is 0 Å². The molecule has 3 aliphatic rings. The van der Waals surface area contributed by atoms with Gasteiger partial charge in [-0.05, 0) is 0 Å². The van der Waals surface area contributed by atoms with Gasteiger partial charge >= 0.3 is 18.1 Å². The number of nitrogens with one attached hydrogen (secondary N) is 2. The second-order valence-corrected chi connectivity index (χ2v) is 6.49. The van der Waals surface area contributed by atoms with Crippen LogP contribution in [0.5, 0.6) is 0 Å². The molecule has 26 heavy (non-hydrogen) atoms. The Kier molecular flexibility index (Phi) is 5.67. The van der Waals surface area contributed by atoms with Crippen LogP contribution < -0.4 is 10.6 Å². The third-order valence-corrected chi connectivity index (χ3v) is 4.88. The van der Waals surface area contributed by atoms with Gasteiger partial charge in [-0.15, -0.1) is 0 Å². The number of amides is 6. The fraction of sp³-hybridized carbons (Fsp3) is 0.800. The van der Waals surface area contributed by atoms with Gasteiger partial charge < -0.3 is 39.7 Å². The normalized spacial score (nSPS) is 26.9. The molecule has 0 unspecified atom stereocenters. The predicted molar refractivity (Wildman–Crippen MR) is 90.3 cm³/mol. The first-order valence-corrected chi connectivity index (χ1v) is 8.75. The van der Waals surface area contributed by atoms with Crippen molar-refractivity contribution in [2.75, 3.05) is 66.7 Å². The zero-order chi connectivity index (χ0) is 18.7. The molecule has 0 aromatic carbocycles. The minimum atomic E-state index is -0.659. The van der Waals surface area contributed by atoms with Crippen molar-refractivity contribution < 1.29 is 23.9 Å². The van der Waals surface area contributed by atoms with E-state index in [0.29, 0.717) is 52.6 Å². The molecule has 0 aromatic heterocycles. The minimum absolute atomic E-state index is 0.274. The number of carbonyl (C=O) groups excluding carboxylic acids is 3. The van der Waals surface area contributed by atoms with Gasteiger partial charge in [0.25, 0.3) is 0 Å². The standard InChI is InChI=1S/C15H26N6O5/c1-18-11(16-13(22)20-3-7-25-8-4-20)12(19(2)15(18)24)17-14(23)21-5-9-26-10-6-21/h11-12H,3-10H2,1-2H3,(H,16,22)(H,17,23)/t11-,12+. The van der Waals surface area contributed by atoms with Gasteiger partial charge in [0.15, 0.2) is 0 Å². The highest BCUT2D eigenvalue weighted by atomic mass is 16.5. The number of urea groups is 3. The largest absolute Gasteiger partial charge is 0.378 e. The van der Waals surface area contributed by atoms with Crippen molar-refractivity contribution in [2.24, 2.45) is 0 Å². The molecule has 3 rings (SSSR count). The summed E-state index contributed by atoms with van der Waals surface area (Å²) in [5.41, 5.74) is 0. The SMILES string of the molecule is CN1C(=O)N(C)[C@@H](NC(=O)N2CCOCC2)[C@H]1NC(=O)N1CCOCC1. The Morgan fingerprint density at radius 3 is 1.50 bits per heavy atom. The van der Waals surface area contributed by atoms with Crippen LogP contribution in [0.4, 0.5) is 14.4 Å². The van der Waals surface area contributed by atoms with Crippen LogP contribution in [-0.2, 0) is 9.47 Å². The van der Waals surface area contributed by atoms with E-state index in [2.05, 4.69) is 10.6 Å². The number of hydrogen-bond acceptors (Lipinski definition) is 5. The Balaban J connectivity index is 1.65. The minimum Gasteiger partial charge on any atom is -0.378 e. The molecule has 2 N–H and O–H groups in total. The fourth-order valence-electron chi connectivity index (χ4n) is 3.23. The summed E-state index contributed by atoms with van der Waals surface area (Å²) in [6, 6.07) is -0.831.